The zero-order valence-electron chi connectivity index (χ0n) is 10.9. The van der Waals surface area contributed by atoms with Gasteiger partial charge in [-0.25, -0.2) is 0 Å². The number of rotatable bonds is 3. The van der Waals surface area contributed by atoms with Crippen molar-refractivity contribution in [1.29, 1.82) is 5.26 Å². The molecule has 2 aromatic carbocycles. The van der Waals surface area contributed by atoms with Crippen LogP contribution in [0.25, 0.3) is 5.57 Å². The smallest absolute Gasteiger partial charge is 0.104 e. The van der Waals surface area contributed by atoms with Crippen LogP contribution in [0.1, 0.15) is 22.6 Å². The summed E-state index contributed by atoms with van der Waals surface area (Å²) >= 11 is 0. The average Bonchev–Trinajstić information content (AvgIpc) is 2.47. The lowest BCUT2D eigenvalue weighted by atomic mass is 9.88. The van der Waals surface area contributed by atoms with Gasteiger partial charge in [-0.05, 0) is 18.1 Å². The molecular formula is C18H15N. The molecular weight excluding hydrogens is 230 g/mol. The van der Waals surface area contributed by atoms with E-state index in [0.717, 1.165) is 16.7 Å². The second-order valence-electron chi connectivity index (χ2n) is 4.43. The van der Waals surface area contributed by atoms with Crippen molar-refractivity contribution in [2.24, 2.45) is 0 Å². The number of aryl methyl sites for hydroxylation is 1. The van der Waals surface area contributed by atoms with E-state index in [4.69, 9.17) is 0 Å². The van der Waals surface area contributed by atoms with Crippen LogP contribution in [-0.2, 0) is 0 Å². The molecule has 0 saturated carbocycles. The van der Waals surface area contributed by atoms with Crippen LogP contribution >= 0.6 is 0 Å². The maximum Gasteiger partial charge on any atom is 0.104 e. The molecule has 2 aromatic rings. The minimum Gasteiger partial charge on any atom is -0.197 e. The molecule has 1 heteroatoms. The summed E-state index contributed by atoms with van der Waals surface area (Å²) in [5.41, 5.74) is 6.92. The largest absolute Gasteiger partial charge is 0.197 e. The van der Waals surface area contributed by atoms with E-state index in [9.17, 15) is 5.26 Å². The first kappa shape index (κ1) is 12.9. The van der Waals surface area contributed by atoms with Crippen LogP contribution < -0.4 is 0 Å². The first-order valence-electron chi connectivity index (χ1n) is 6.18. The maximum atomic E-state index is 9.46. The molecule has 0 radical (unpaired) electrons. The van der Waals surface area contributed by atoms with E-state index in [2.05, 4.69) is 18.4 Å². The van der Waals surface area contributed by atoms with Crippen molar-refractivity contribution in [1.82, 2.24) is 0 Å². The minimum absolute atomic E-state index is 0.332. The molecule has 0 aliphatic rings. The monoisotopic (exact) mass is 245 g/mol. The standard InChI is InChI=1S/C18H15N/c1-3-17(16-11-9-14(2)10-12-16)18(13-19)15-7-5-4-6-8-15/h4-12,18H,1H2,2H3. The van der Waals surface area contributed by atoms with Crippen molar-refractivity contribution in [3.05, 3.63) is 83.6 Å². The van der Waals surface area contributed by atoms with Crippen molar-refractivity contribution < 1.29 is 0 Å². The van der Waals surface area contributed by atoms with Crippen molar-refractivity contribution in [3.8, 4) is 6.07 Å². The number of benzene rings is 2. The average molecular weight is 245 g/mol. The van der Waals surface area contributed by atoms with Crippen molar-refractivity contribution in [2.75, 3.05) is 0 Å². The third kappa shape index (κ3) is 2.83. The number of hydrogen-bond acceptors (Lipinski definition) is 1. The molecule has 92 valence electrons. The normalized spacial score (nSPS) is 11.2. The molecule has 1 nitrogen and oxygen atoms in total. The van der Waals surface area contributed by atoms with Crippen LogP contribution in [0.2, 0.25) is 0 Å². The number of allylic oxidation sites excluding steroid dienone is 1. The first-order valence-corrected chi connectivity index (χ1v) is 6.18. The van der Waals surface area contributed by atoms with E-state index in [-0.39, 0.29) is 5.92 Å². The molecule has 0 fully saturated rings. The fourth-order valence-electron chi connectivity index (χ4n) is 2.06. The highest BCUT2D eigenvalue weighted by Crippen LogP contribution is 2.30. The lowest BCUT2D eigenvalue weighted by Crippen LogP contribution is -1.99. The van der Waals surface area contributed by atoms with Crippen LogP contribution in [0.15, 0.2) is 66.9 Å². The Labute approximate surface area is 114 Å². The van der Waals surface area contributed by atoms with Gasteiger partial charge in [0.05, 0.1) is 6.07 Å². The summed E-state index contributed by atoms with van der Waals surface area (Å²) in [6.45, 7) is 5.78. The van der Waals surface area contributed by atoms with Gasteiger partial charge in [0, 0.05) is 5.57 Å². The van der Waals surface area contributed by atoms with Gasteiger partial charge in [0.25, 0.3) is 0 Å². The first-order chi connectivity index (χ1) is 9.26. The predicted octanol–water partition coefficient (Wildman–Crippen LogP) is 4.47. The molecule has 0 heterocycles. The predicted molar refractivity (Wildman–Crippen MR) is 78.5 cm³/mol. The lowest BCUT2D eigenvalue weighted by Gasteiger charge is -2.12. The van der Waals surface area contributed by atoms with E-state index in [1.165, 1.54) is 5.56 Å². The van der Waals surface area contributed by atoms with Crippen LogP contribution in [0.4, 0.5) is 0 Å². The van der Waals surface area contributed by atoms with Gasteiger partial charge < -0.3 is 0 Å². The molecule has 0 saturated heterocycles. The quantitative estimate of drug-likeness (QED) is 0.732. The molecule has 0 aromatic heterocycles. The van der Waals surface area contributed by atoms with Crippen molar-refractivity contribution in [3.63, 3.8) is 0 Å². The summed E-state index contributed by atoms with van der Waals surface area (Å²) in [5, 5.41) is 9.46. The highest BCUT2D eigenvalue weighted by Gasteiger charge is 2.17. The fraction of sp³-hybridized carbons (Fsp3) is 0.111. The van der Waals surface area contributed by atoms with Gasteiger partial charge >= 0.3 is 0 Å². The Morgan fingerprint density at radius 3 is 2.21 bits per heavy atom. The molecule has 1 unspecified atom stereocenters. The van der Waals surface area contributed by atoms with Gasteiger partial charge in [-0.15, -0.1) is 5.73 Å². The van der Waals surface area contributed by atoms with Crippen molar-refractivity contribution >= 4 is 5.57 Å². The topological polar surface area (TPSA) is 23.8 Å². The van der Waals surface area contributed by atoms with Gasteiger partial charge in [-0.1, -0.05) is 66.7 Å². The number of nitrogens with zero attached hydrogens (tertiary/aromatic N) is 1. The number of nitriles is 1. The zero-order chi connectivity index (χ0) is 13.7. The minimum atomic E-state index is -0.332. The Hall–Kier alpha value is -2.55. The molecule has 0 spiro atoms. The fourth-order valence-corrected chi connectivity index (χ4v) is 2.06. The number of hydrogen-bond donors (Lipinski definition) is 0. The van der Waals surface area contributed by atoms with E-state index in [1.807, 2.05) is 61.5 Å². The summed E-state index contributed by atoms with van der Waals surface area (Å²) in [6, 6.07) is 20.2. The Bertz CT molecular complexity index is 638. The zero-order valence-corrected chi connectivity index (χ0v) is 10.9. The second kappa shape index (κ2) is 5.87. The molecule has 0 aliphatic carbocycles. The Kier molecular flexibility index (Phi) is 3.98. The van der Waals surface area contributed by atoms with E-state index >= 15 is 0 Å². The van der Waals surface area contributed by atoms with Gasteiger partial charge in [0.1, 0.15) is 5.92 Å². The van der Waals surface area contributed by atoms with Crippen LogP contribution in [0, 0.1) is 18.3 Å². The SMILES string of the molecule is C=C=C(c1ccc(C)cc1)C(C#N)c1ccccc1. The third-order valence-electron chi connectivity index (χ3n) is 3.10. The molecule has 0 N–H and O–H groups in total. The molecule has 2 rings (SSSR count). The van der Waals surface area contributed by atoms with Gasteiger partial charge in [0.15, 0.2) is 0 Å². The highest BCUT2D eigenvalue weighted by molar-refractivity contribution is 5.73. The maximum absolute atomic E-state index is 9.46. The third-order valence-corrected chi connectivity index (χ3v) is 3.10. The summed E-state index contributed by atoms with van der Waals surface area (Å²) in [6.07, 6.45) is 0. The van der Waals surface area contributed by atoms with Crippen molar-refractivity contribution in [2.45, 2.75) is 12.8 Å². The Balaban J connectivity index is 2.45. The lowest BCUT2D eigenvalue weighted by molar-refractivity contribution is 1.11. The summed E-state index contributed by atoms with van der Waals surface area (Å²) in [5.74, 6) is -0.332. The van der Waals surface area contributed by atoms with Crippen LogP contribution in [-0.4, -0.2) is 0 Å². The summed E-state index contributed by atoms with van der Waals surface area (Å²) in [4.78, 5) is 0. The van der Waals surface area contributed by atoms with Gasteiger partial charge in [-0.3, -0.25) is 0 Å². The van der Waals surface area contributed by atoms with E-state index in [0.29, 0.717) is 0 Å². The molecule has 0 bridgehead atoms. The molecule has 19 heavy (non-hydrogen) atoms. The van der Waals surface area contributed by atoms with Gasteiger partial charge in [0.2, 0.25) is 0 Å². The van der Waals surface area contributed by atoms with Crippen LogP contribution in [0.3, 0.4) is 0 Å². The second-order valence-corrected chi connectivity index (χ2v) is 4.43. The molecule has 0 amide bonds. The Morgan fingerprint density at radius 2 is 1.68 bits per heavy atom. The Morgan fingerprint density at radius 1 is 1.05 bits per heavy atom. The highest BCUT2D eigenvalue weighted by atomic mass is 14.3. The molecule has 0 aliphatic heterocycles. The van der Waals surface area contributed by atoms with E-state index < -0.39 is 0 Å². The van der Waals surface area contributed by atoms with Gasteiger partial charge in [-0.2, -0.15) is 5.26 Å². The molecule has 1 atom stereocenters. The van der Waals surface area contributed by atoms with Crippen LogP contribution in [0.5, 0.6) is 0 Å². The summed E-state index contributed by atoms with van der Waals surface area (Å²) in [7, 11) is 0. The summed E-state index contributed by atoms with van der Waals surface area (Å²) < 4.78 is 0. The van der Waals surface area contributed by atoms with E-state index in [1.54, 1.807) is 0 Å².